The number of carbonyl (C=O) groups excluding carboxylic acids is 1. The predicted molar refractivity (Wildman–Crippen MR) is 123 cm³/mol. The number of anilines is 2. The van der Waals surface area contributed by atoms with Crippen molar-refractivity contribution in [3.8, 4) is 0 Å². The van der Waals surface area contributed by atoms with E-state index in [4.69, 9.17) is 15.3 Å². The molecule has 3 rings (SSSR count). The Morgan fingerprint density at radius 3 is 2.53 bits per heavy atom. The molecule has 0 unspecified atom stereocenters. The molecule has 2 aromatic carbocycles. The third kappa shape index (κ3) is 5.52. The fourth-order valence-electron chi connectivity index (χ4n) is 3.67. The van der Waals surface area contributed by atoms with E-state index in [1.165, 1.54) is 17.0 Å². The lowest BCUT2D eigenvalue weighted by atomic mass is 9.92. The van der Waals surface area contributed by atoms with Gasteiger partial charge in [0.2, 0.25) is 5.60 Å². The number of amides is 1. The summed E-state index contributed by atoms with van der Waals surface area (Å²) in [5.74, 6) is -3.75. The van der Waals surface area contributed by atoms with Crippen LogP contribution < -0.4 is 5.32 Å². The van der Waals surface area contributed by atoms with E-state index in [1.54, 1.807) is 11.0 Å². The van der Waals surface area contributed by atoms with E-state index in [1.807, 2.05) is 22.6 Å². The van der Waals surface area contributed by atoms with Crippen molar-refractivity contribution in [1.82, 2.24) is 9.80 Å². The lowest BCUT2D eigenvalue weighted by Crippen LogP contribution is -2.67. The summed E-state index contributed by atoms with van der Waals surface area (Å²) in [5.41, 5.74) is -1.72. The standard InChI is InChI=1S/C21H23F3IN3O4/c22-15-3-2-14(19(18(15)24)26-17-4-1-13(25)9-16(17)23)20(31)28-11-21(32,12-28)10-27(5-7-29)6-8-30/h1-4,9,26,29-30,32H,5-8,10-12H2/p+2. The van der Waals surface area contributed by atoms with Gasteiger partial charge in [0.25, 0.3) is 5.91 Å². The highest BCUT2D eigenvalue weighted by Crippen LogP contribution is 2.32. The Balaban J connectivity index is 1.78. The zero-order valence-corrected chi connectivity index (χ0v) is 19.3. The van der Waals surface area contributed by atoms with Crippen molar-refractivity contribution in [3.05, 3.63) is 56.9 Å². The molecule has 0 aromatic heterocycles. The SMILES string of the molecule is O=C(c1ccc(F)c(F)c1Nc1ccc(I)cc1F)N1CC([OH2+])(CN(CCO)CC[OH2+])C1. The minimum atomic E-state index is -1.30. The number of hydrogen-bond donors (Lipinski definition) is 2. The Hall–Kier alpha value is -1.93. The molecular weight excluding hydrogens is 542 g/mol. The molecule has 6 N–H and O–H groups in total. The lowest BCUT2D eigenvalue weighted by Gasteiger charge is -2.44. The Morgan fingerprint density at radius 1 is 1.19 bits per heavy atom. The number of hydrogen-bond acceptors (Lipinski definition) is 4. The average molecular weight is 567 g/mol. The molecule has 7 nitrogen and oxygen atoms in total. The maximum Gasteiger partial charge on any atom is 0.256 e. The molecule has 1 fully saturated rings. The second kappa shape index (κ2) is 10.3. The first kappa shape index (κ1) is 24.7. The molecule has 1 saturated heterocycles. The van der Waals surface area contributed by atoms with Crippen LogP contribution in [0.15, 0.2) is 30.3 Å². The highest BCUT2D eigenvalue weighted by Gasteiger charge is 2.50. The average Bonchev–Trinajstić information content (AvgIpc) is 2.71. The predicted octanol–water partition coefficient (Wildman–Crippen LogP) is 1.39. The Labute approximate surface area is 196 Å². The number of likely N-dealkylation sites (tertiary alicyclic amines) is 1. The highest BCUT2D eigenvalue weighted by molar-refractivity contribution is 14.1. The van der Waals surface area contributed by atoms with E-state index < -0.39 is 34.6 Å². The first-order valence-corrected chi connectivity index (χ1v) is 11.0. The second-order valence-corrected chi connectivity index (χ2v) is 8.97. The van der Waals surface area contributed by atoms with Crippen molar-refractivity contribution in [2.75, 3.05) is 51.3 Å². The molecule has 174 valence electrons. The Morgan fingerprint density at radius 2 is 1.91 bits per heavy atom. The fourth-order valence-corrected chi connectivity index (χ4v) is 4.13. The van der Waals surface area contributed by atoms with Crippen molar-refractivity contribution >= 4 is 39.9 Å². The van der Waals surface area contributed by atoms with E-state index in [0.29, 0.717) is 16.7 Å². The molecule has 1 aliphatic heterocycles. The van der Waals surface area contributed by atoms with Gasteiger partial charge < -0.3 is 25.5 Å². The summed E-state index contributed by atoms with van der Waals surface area (Å²) < 4.78 is 43.3. The van der Waals surface area contributed by atoms with Crippen LogP contribution in [-0.2, 0) is 0 Å². The van der Waals surface area contributed by atoms with Crippen LogP contribution >= 0.6 is 22.6 Å². The van der Waals surface area contributed by atoms with Crippen LogP contribution in [0.1, 0.15) is 10.4 Å². The van der Waals surface area contributed by atoms with Gasteiger partial charge in [0.05, 0.1) is 49.7 Å². The van der Waals surface area contributed by atoms with E-state index >= 15 is 0 Å². The van der Waals surface area contributed by atoms with E-state index in [2.05, 4.69) is 5.32 Å². The van der Waals surface area contributed by atoms with Gasteiger partial charge in [-0.05, 0) is 52.9 Å². The normalized spacial score (nSPS) is 15.1. The summed E-state index contributed by atoms with van der Waals surface area (Å²) in [6.07, 6.45) is 0. The topological polar surface area (TPSA) is 102 Å². The number of carbonyl (C=O) groups is 1. The van der Waals surface area contributed by atoms with Crippen LogP contribution in [0.3, 0.4) is 0 Å². The van der Waals surface area contributed by atoms with Crippen LogP contribution in [0.4, 0.5) is 24.5 Å². The third-order valence-corrected chi connectivity index (χ3v) is 5.83. The molecule has 2 aromatic rings. The summed E-state index contributed by atoms with van der Waals surface area (Å²) in [7, 11) is 0. The molecule has 0 radical (unpaired) electrons. The van der Waals surface area contributed by atoms with Gasteiger partial charge in [0, 0.05) is 10.1 Å². The maximum atomic E-state index is 14.6. The second-order valence-electron chi connectivity index (χ2n) is 7.72. The van der Waals surface area contributed by atoms with Gasteiger partial charge >= 0.3 is 0 Å². The maximum absolute atomic E-state index is 14.6. The van der Waals surface area contributed by atoms with Gasteiger partial charge in [-0.3, -0.25) is 9.69 Å². The fraction of sp³-hybridized carbons (Fsp3) is 0.381. The monoisotopic (exact) mass is 567 g/mol. The van der Waals surface area contributed by atoms with Crippen molar-refractivity contribution in [1.29, 1.82) is 0 Å². The van der Waals surface area contributed by atoms with Crippen LogP contribution in [0.5, 0.6) is 0 Å². The Kier molecular flexibility index (Phi) is 7.98. The van der Waals surface area contributed by atoms with Gasteiger partial charge in [-0.25, -0.2) is 13.2 Å². The zero-order chi connectivity index (χ0) is 23.5. The van der Waals surface area contributed by atoms with Gasteiger partial charge in [0.15, 0.2) is 18.2 Å². The molecule has 1 amide bonds. The number of aliphatic hydroxyl groups is 1. The molecular formula is C21H25F3IN3O4+2. The molecule has 32 heavy (non-hydrogen) atoms. The van der Waals surface area contributed by atoms with Crippen LogP contribution in [0, 0.1) is 21.0 Å². The number of rotatable bonds is 9. The number of aliphatic hydroxyl groups excluding tert-OH is 1. The van der Waals surface area contributed by atoms with Crippen molar-refractivity contribution in [2.45, 2.75) is 5.60 Å². The van der Waals surface area contributed by atoms with Gasteiger partial charge in [-0.2, -0.15) is 0 Å². The van der Waals surface area contributed by atoms with Crippen LogP contribution in [0.25, 0.3) is 0 Å². The van der Waals surface area contributed by atoms with Gasteiger partial charge in [-0.1, -0.05) is 0 Å². The smallest absolute Gasteiger partial charge is 0.256 e. The van der Waals surface area contributed by atoms with E-state index in [0.717, 1.165) is 12.1 Å². The lowest BCUT2D eigenvalue weighted by molar-refractivity contribution is -0.0997. The minimum absolute atomic E-state index is 0.0576. The number of benzene rings is 2. The summed E-state index contributed by atoms with van der Waals surface area (Å²) >= 11 is 1.92. The molecule has 0 saturated carbocycles. The molecule has 1 aliphatic rings. The third-order valence-electron chi connectivity index (χ3n) is 5.16. The van der Waals surface area contributed by atoms with Crippen molar-refractivity contribution in [2.24, 2.45) is 0 Å². The van der Waals surface area contributed by atoms with Gasteiger partial charge in [-0.15, -0.1) is 0 Å². The van der Waals surface area contributed by atoms with Crippen molar-refractivity contribution < 1.29 is 33.3 Å². The van der Waals surface area contributed by atoms with Crippen LogP contribution in [-0.4, -0.2) is 82.6 Å². The molecule has 11 heteroatoms. The summed E-state index contributed by atoms with van der Waals surface area (Å²) in [6.45, 7) is 1.13. The highest BCUT2D eigenvalue weighted by atomic mass is 127. The first-order chi connectivity index (χ1) is 15.2. The van der Waals surface area contributed by atoms with E-state index in [9.17, 15) is 18.0 Å². The quantitative estimate of drug-likeness (QED) is 0.354. The summed E-state index contributed by atoms with van der Waals surface area (Å²) in [5, 5.41) is 27.5. The number of halogens is 4. The Bertz CT molecular complexity index is 983. The summed E-state index contributed by atoms with van der Waals surface area (Å²) in [4.78, 5) is 16.1. The molecule has 0 aliphatic carbocycles. The summed E-state index contributed by atoms with van der Waals surface area (Å²) in [6, 6.07) is 6.15. The minimum Gasteiger partial charge on any atom is -0.444 e. The number of nitrogens with one attached hydrogen (secondary N) is 1. The van der Waals surface area contributed by atoms with Crippen molar-refractivity contribution in [3.63, 3.8) is 0 Å². The van der Waals surface area contributed by atoms with E-state index in [-0.39, 0.29) is 44.1 Å². The first-order valence-electron chi connectivity index (χ1n) is 9.89. The van der Waals surface area contributed by atoms with Crippen LogP contribution in [0.2, 0.25) is 0 Å². The largest absolute Gasteiger partial charge is 0.444 e. The molecule has 0 atom stereocenters. The molecule has 0 bridgehead atoms. The number of nitrogens with zero attached hydrogens (tertiary/aromatic N) is 2. The van der Waals surface area contributed by atoms with Gasteiger partial charge in [0.1, 0.15) is 5.82 Å². The molecule has 0 spiro atoms. The molecule has 1 heterocycles. The zero-order valence-electron chi connectivity index (χ0n) is 17.1.